The van der Waals surface area contributed by atoms with E-state index in [1.807, 2.05) is 6.07 Å². The molecule has 0 bridgehead atoms. The molecule has 0 atom stereocenters. The molecule has 0 unspecified atom stereocenters. The van der Waals surface area contributed by atoms with Gasteiger partial charge in [-0.1, -0.05) is 13.8 Å². The van der Waals surface area contributed by atoms with Crippen LogP contribution in [0.2, 0.25) is 0 Å². The van der Waals surface area contributed by atoms with Gasteiger partial charge in [-0.05, 0) is 42.2 Å². The van der Waals surface area contributed by atoms with Crippen LogP contribution in [0.4, 0.5) is 0 Å². The van der Waals surface area contributed by atoms with Gasteiger partial charge in [0, 0.05) is 5.39 Å². The highest BCUT2D eigenvalue weighted by atomic mass is 16.3. The Morgan fingerprint density at radius 2 is 2.00 bits per heavy atom. The van der Waals surface area contributed by atoms with Crippen LogP contribution in [0.1, 0.15) is 30.9 Å². The van der Waals surface area contributed by atoms with Crippen LogP contribution < -0.4 is 0 Å². The largest absolute Gasteiger partial charge is 0.464 e. The topological polar surface area (TPSA) is 13.1 Å². The maximum absolute atomic E-state index is 5.33. The van der Waals surface area contributed by atoms with Crippen LogP contribution in [0.3, 0.4) is 0 Å². The van der Waals surface area contributed by atoms with E-state index >= 15 is 0 Å². The second-order valence-corrected chi connectivity index (χ2v) is 3.82. The van der Waals surface area contributed by atoms with Crippen molar-refractivity contribution < 1.29 is 4.42 Å². The van der Waals surface area contributed by atoms with E-state index in [2.05, 4.69) is 32.9 Å². The third-order valence-electron chi connectivity index (χ3n) is 2.46. The zero-order valence-electron chi connectivity index (χ0n) is 8.29. The lowest BCUT2D eigenvalue weighted by molar-refractivity contribution is 0.615. The molecule has 0 N–H and O–H groups in total. The number of fused-ring (bicyclic) bond motifs is 1. The SMILES string of the molecule is Cc1cc2occc2cc1C(C)C. The van der Waals surface area contributed by atoms with Gasteiger partial charge in [0.1, 0.15) is 5.58 Å². The Kier molecular flexibility index (Phi) is 1.87. The highest BCUT2D eigenvalue weighted by molar-refractivity contribution is 5.79. The van der Waals surface area contributed by atoms with Gasteiger partial charge in [0.25, 0.3) is 0 Å². The Bertz CT molecular complexity index is 424. The number of hydrogen-bond acceptors (Lipinski definition) is 1. The summed E-state index contributed by atoms with van der Waals surface area (Å²) in [6.07, 6.45) is 1.74. The lowest BCUT2D eigenvalue weighted by atomic mass is 9.97. The fourth-order valence-corrected chi connectivity index (χ4v) is 1.75. The summed E-state index contributed by atoms with van der Waals surface area (Å²) in [5, 5.41) is 1.20. The van der Waals surface area contributed by atoms with E-state index in [0.29, 0.717) is 5.92 Å². The molecule has 1 aromatic carbocycles. The quantitative estimate of drug-likeness (QED) is 0.639. The van der Waals surface area contributed by atoms with Crippen LogP contribution in [0, 0.1) is 6.92 Å². The summed E-state index contributed by atoms with van der Waals surface area (Å²) in [6.45, 7) is 6.57. The highest BCUT2D eigenvalue weighted by Crippen LogP contribution is 2.25. The summed E-state index contributed by atoms with van der Waals surface area (Å²) in [6, 6.07) is 6.35. The second kappa shape index (κ2) is 2.91. The van der Waals surface area contributed by atoms with Crippen molar-refractivity contribution in [2.24, 2.45) is 0 Å². The van der Waals surface area contributed by atoms with Crippen molar-refractivity contribution in [1.82, 2.24) is 0 Å². The van der Waals surface area contributed by atoms with E-state index in [0.717, 1.165) is 5.58 Å². The van der Waals surface area contributed by atoms with E-state index in [1.165, 1.54) is 16.5 Å². The number of furan rings is 1. The Labute approximate surface area is 78.4 Å². The Balaban J connectivity index is 2.69. The summed E-state index contributed by atoms with van der Waals surface area (Å²) >= 11 is 0. The molecule has 68 valence electrons. The first kappa shape index (κ1) is 8.36. The standard InChI is InChI=1S/C12H14O/c1-8(2)11-7-10-4-5-13-12(10)6-9(11)3/h4-8H,1-3H3. The lowest BCUT2D eigenvalue weighted by Crippen LogP contribution is -1.90. The zero-order chi connectivity index (χ0) is 9.42. The highest BCUT2D eigenvalue weighted by Gasteiger charge is 2.06. The summed E-state index contributed by atoms with van der Waals surface area (Å²) in [5.41, 5.74) is 3.72. The molecule has 1 aromatic heterocycles. The maximum atomic E-state index is 5.33. The minimum absolute atomic E-state index is 0.583. The Morgan fingerprint density at radius 3 is 2.69 bits per heavy atom. The second-order valence-electron chi connectivity index (χ2n) is 3.82. The molecule has 13 heavy (non-hydrogen) atoms. The maximum Gasteiger partial charge on any atom is 0.134 e. The van der Waals surface area contributed by atoms with Crippen molar-refractivity contribution in [2.75, 3.05) is 0 Å². The van der Waals surface area contributed by atoms with Gasteiger partial charge in [-0.15, -0.1) is 0 Å². The first-order chi connectivity index (χ1) is 6.18. The van der Waals surface area contributed by atoms with Crippen LogP contribution in [0.5, 0.6) is 0 Å². The first-order valence-electron chi connectivity index (χ1n) is 4.66. The van der Waals surface area contributed by atoms with Gasteiger partial charge in [0.15, 0.2) is 0 Å². The molecule has 0 fully saturated rings. The summed E-state index contributed by atoms with van der Waals surface area (Å²) in [4.78, 5) is 0. The zero-order valence-corrected chi connectivity index (χ0v) is 8.29. The number of aryl methyl sites for hydroxylation is 1. The summed E-state index contributed by atoms with van der Waals surface area (Å²) in [5.74, 6) is 0.583. The molecule has 1 heterocycles. The van der Waals surface area contributed by atoms with Gasteiger partial charge in [-0.3, -0.25) is 0 Å². The monoisotopic (exact) mass is 174 g/mol. The van der Waals surface area contributed by atoms with Crippen LogP contribution in [-0.2, 0) is 0 Å². The van der Waals surface area contributed by atoms with E-state index < -0.39 is 0 Å². The van der Waals surface area contributed by atoms with Crippen molar-refractivity contribution in [1.29, 1.82) is 0 Å². The van der Waals surface area contributed by atoms with Gasteiger partial charge >= 0.3 is 0 Å². The van der Waals surface area contributed by atoms with Crippen LogP contribution in [0.15, 0.2) is 28.9 Å². The molecular formula is C12H14O. The molecule has 0 aliphatic rings. The smallest absolute Gasteiger partial charge is 0.134 e. The molecule has 0 aliphatic heterocycles. The molecule has 2 rings (SSSR count). The first-order valence-corrected chi connectivity index (χ1v) is 4.66. The van der Waals surface area contributed by atoms with Crippen molar-refractivity contribution in [2.45, 2.75) is 26.7 Å². The molecule has 1 heteroatoms. The van der Waals surface area contributed by atoms with Crippen LogP contribution >= 0.6 is 0 Å². The molecule has 0 amide bonds. The molecule has 0 spiro atoms. The third kappa shape index (κ3) is 1.35. The van der Waals surface area contributed by atoms with Gasteiger partial charge in [-0.25, -0.2) is 0 Å². The molecule has 0 saturated heterocycles. The fraction of sp³-hybridized carbons (Fsp3) is 0.333. The van der Waals surface area contributed by atoms with Gasteiger partial charge in [0.2, 0.25) is 0 Å². The average Bonchev–Trinajstić information content (AvgIpc) is 2.48. The lowest BCUT2D eigenvalue weighted by Gasteiger charge is -2.08. The van der Waals surface area contributed by atoms with E-state index in [-0.39, 0.29) is 0 Å². The molecular weight excluding hydrogens is 160 g/mol. The van der Waals surface area contributed by atoms with Gasteiger partial charge in [0.05, 0.1) is 6.26 Å². The average molecular weight is 174 g/mol. The molecule has 0 radical (unpaired) electrons. The van der Waals surface area contributed by atoms with E-state index in [1.54, 1.807) is 6.26 Å². The van der Waals surface area contributed by atoms with Crippen molar-refractivity contribution >= 4 is 11.0 Å². The molecule has 0 saturated carbocycles. The number of rotatable bonds is 1. The Morgan fingerprint density at radius 1 is 1.23 bits per heavy atom. The molecule has 2 aromatic rings. The molecule has 0 aliphatic carbocycles. The van der Waals surface area contributed by atoms with Gasteiger partial charge < -0.3 is 4.42 Å². The number of hydrogen-bond donors (Lipinski definition) is 0. The van der Waals surface area contributed by atoms with E-state index in [9.17, 15) is 0 Å². The summed E-state index contributed by atoms with van der Waals surface area (Å²) in [7, 11) is 0. The van der Waals surface area contributed by atoms with Crippen molar-refractivity contribution in [3.05, 3.63) is 35.6 Å². The molecule has 1 nitrogen and oxygen atoms in total. The Hall–Kier alpha value is -1.24. The normalized spacial score (nSPS) is 11.4. The predicted molar refractivity (Wildman–Crippen MR) is 55.0 cm³/mol. The van der Waals surface area contributed by atoms with Crippen molar-refractivity contribution in [3.63, 3.8) is 0 Å². The van der Waals surface area contributed by atoms with Crippen LogP contribution in [0.25, 0.3) is 11.0 Å². The number of benzene rings is 1. The van der Waals surface area contributed by atoms with Crippen LogP contribution in [-0.4, -0.2) is 0 Å². The summed E-state index contributed by atoms with van der Waals surface area (Å²) < 4.78 is 5.33. The third-order valence-corrected chi connectivity index (χ3v) is 2.46. The predicted octanol–water partition coefficient (Wildman–Crippen LogP) is 3.86. The minimum atomic E-state index is 0.583. The fourth-order valence-electron chi connectivity index (χ4n) is 1.75. The minimum Gasteiger partial charge on any atom is -0.464 e. The van der Waals surface area contributed by atoms with Crippen molar-refractivity contribution in [3.8, 4) is 0 Å². The van der Waals surface area contributed by atoms with E-state index in [4.69, 9.17) is 4.42 Å². The van der Waals surface area contributed by atoms with Gasteiger partial charge in [-0.2, -0.15) is 0 Å².